The summed E-state index contributed by atoms with van der Waals surface area (Å²) < 4.78 is 38.3. The van der Waals surface area contributed by atoms with Gasteiger partial charge >= 0.3 is 12.1 Å². The molecular weight excluding hydrogens is 331 g/mol. The fourth-order valence-corrected chi connectivity index (χ4v) is 1.81. The predicted octanol–water partition coefficient (Wildman–Crippen LogP) is 2.75. The van der Waals surface area contributed by atoms with Crippen molar-refractivity contribution in [2.45, 2.75) is 6.18 Å². The van der Waals surface area contributed by atoms with Crippen LogP contribution in [0.25, 0.3) is 5.69 Å². The van der Waals surface area contributed by atoms with Crippen molar-refractivity contribution in [3.05, 3.63) is 40.1 Å². The van der Waals surface area contributed by atoms with E-state index >= 15 is 0 Å². The van der Waals surface area contributed by atoms with E-state index in [1.54, 1.807) is 0 Å². The average molecular weight is 336 g/mol. The van der Waals surface area contributed by atoms with E-state index in [1.807, 2.05) is 0 Å². The summed E-state index contributed by atoms with van der Waals surface area (Å²) >= 11 is 2.83. The van der Waals surface area contributed by atoms with E-state index in [-0.39, 0.29) is 10.3 Å². The molecule has 1 heterocycles. The number of rotatable bonds is 2. The van der Waals surface area contributed by atoms with Gasteiger partial charge in [0.05, 0.1) is 11.3 Å². The van der Waals surface area contributed by atoms with Crippen molar-refractivity contribution in [3.8, 4) is 5.69 Å². The lowest BCUT2D eigenvalue weighted by atomic mass is 10.2. The van der Waals surface area contributed by atoms with Crippen molar-refractivity contribution in [2.75, 3.05) is 0 Å². The number of hydrogen-bond donors (Lipinski definition) is 1. The van der Waals surface area contributed by atoms with Crippen LogP contribution in [0.4, 0.5) is 13.2 Å². The highest BCUT2D eigenvalue weighted by Gasteiger charge is 2.34. The number of benzene rings is 1. The largest absolute Gasteiger partial charge is 0.476 e. The molecule has 0 aliphatic carbocycles. The van der Waals surface area contributed by atoms with Crippen LogP contribution < -0.4 is 0 Å². The van der Waals surface area contributed by atoms with E-state index in [9.17, 15) is 18.0 Å². The van der Waals surface area contributed by atoms with Gasteiger partial charge in [-0.3, -0.25) is 0 Å². The second-order valence-corrected chi connectivity index (χ2v) is 4.20. The summed E-state index contributed by atoms with van der Waals surface area (Å²) in [6, 6.07) is 4.62. The van der Waals surface area contributed by atoms with Crippen LogP contribution in [0, 0.1) is 0 Å². The van der Waals surface area contributed by atoms with E-state index in [2.05, 4.69) is 26.1 Å². The highest BCUT2D eigenvalue weighted by atomic mass is 79.9. The number of aromatic carboxylic acids is 1. The van der Waals surface area contributed by atoms with Crippen LogP contribution >= 0.6 is 15.9 Å². The number of alkyl halides is 3. The molecule has 0 saturated heterocycles. The minimum Gasteiger partial charge on any atom is -0.476 e. The Hall–Kier alpha value is -1.90. The van der Waals surface area contributed by atoms with E-state index in [0.717, 1.165) is 12.1 Å². The van der Waals surface area contributed by atoms with Crippen molar-refractivity contribution >= 4 is 21.9 Å². The topological polar surface area (TPSA) is 68.0 Å². The fraction of sp³-hybridized carbons (Fsp3) is 0.100. The van der Waals surface area contributed by atoms with Crippen molar-refractivity contribution in [3.63, 3.8) is 0 Å². The van der Waals surface area contributed by atoms with Crippen molar-refractivity contribution in [1.82, 2.24) is 15.0 Å². The molecule has 0 unspecified atom stereocenters. The third-order valence-electron chi connectivity index (χ3n) is 2.20. The van der Waals surface area contributed by atoms with Crippen molar-refractivity contribution in [1.29, 1.82) is 0 Å². The molecule has 1 N–H and O–H groups in total. The zero-order valence-corrected chi connectivity index (χ0v) is 10.6. The Balaban J connectivity index is 2.60. The Kier molecular flexibility index (Phi) is 3.31. The van der Waals surface area contributed by atoms with Gasteiger partial charge in [0.2, 0.25) is 5.69 Å². The molecule has 100 valence electrons. The molecule has 1 aromatic carbocycles. The standard InChI is InChI=1S/C10H5BrF3N3O2/c11-8-7(9(18)19)15-17(16-8)6-4-2-1-3-5(6)10(12,13)14/h1-4H,(H,18,19). The van der Waals surface area contributed by atoms with Gasteiger partial charge in [-0.2, -0.15) is 13.2 Å². The molecule has 0 saturated carbocycles. The SMILES string of the molecule is O=C(O)c1nn(-c2ccccc2C(F)(F)F)nc1Br. The van der Waals surface area contributed by atoms with Crippen molar-refractivity contribution in [2.24, 2.45) is 0 Å². The van der Waals surface area contributed by atoms with Crippen LogP contribution in [0.5, 0.6) is 0 Å². The quantitative estimate of drug-likeness (QED) is 0.916. The van der Waals surface area contributed by atoms with Crippen LogP contribution in [0.1, 0.15) is 16.1 Å². The normalized spacial score (nSPS) is 11.6. The van der Waals surface area contributed by atoms with Gasteiger partial charge in [0, 0.05) is 0 Å². The van der Waals surface area contributed by atoms with E-state index in [4.69, 9.17) is 5.11 Å². The van der Waals surface area contributed by atoms with Crippen LogP contribution in [0.15, 0.2) is 28.9 Å². The number of halogens is 4. The van der Waals surface area contributed by atoms with Gasteiger partial charge in [-0.15, -0.1) is 15.0 Å². The van der Waals surface area contributed by atoms with Gasteiger partial charge in [-0.05, 0) is 28.1 Å². The van der Waals surface area contributed by atoms with E-state index in [1.165, 1.54) is 12.1 Å². The maximum atomic E-state index is 12.8. The Morgan fingerprint density at radius 3 is 2.42 bits per heavy atom. The third-order valence-corrected chi connectivity index (χ3v) is 2.73. The zero-order chi connectivity index (χ0) is 14.2. The van der Waals surface area contributed by atoms with Gasteiger partial charge in [-0.25, -0.2) is 4.79 Å². The summed E-state index contributed by atoms with van der Waals surface area (Å²) in [6.45, 7) is 0. The molecule has 2 aromatic rings. The molecule has 0 bridgehead atoms. The van der Waals surface area contributed by atoms with E-state index in [0.29, 0.717) is 4.80 Å². The molecule has 0 spiro atoms. The molecule has 0 amide bonds. The van der Waals surface area contributed by atoms with Crippen LogP contribution in [0.3, 0.4) is 0 Å². The van der Waals surface area contributed by atoms with Gasteiger partial charge < -0.3 is 5.11 Å². The summed E-state index contributed by atoms with van der Waals surface area (Å²) in [6.07, 6.45) is -4.58. The third kappa shape index (κ3) is 2.60. The number of aromatic nitrogens is 3. The second-order valence-electron chi connectivity index (χ2n) is 3.45. The summed E-state index contributed by atoms with van der Waals surface area (Å²) in [7, 11) is 0. The van der Waals surface area contributed by atoms with Gasteiger partial charge in [-0.1, -0.05) is 12.1 Å². The molecule has 5 nitrogen and oxygen atoms in total. The summed E-state index contributed by atoms with van der Waals surface area (Å²) in [5.74, 6) is -1.39. The lowest BCUT2D eigenvalue weighted by molar-refractivity contribution is -0.137. The molecular formula is C10H5BrF3N3O2. The first-order valence-electron chi connectivity index (χ1n) is 4.83. The second kappa shape index (κ2) is 4.65. The first-order chi connectivity index (χ1) is 8.80. The van der Waals surface area contributed by atoms with E-state index < -0.39 is 23.4 Å². The lowest BCUT2D eigenvalue weighted by Crippen LogP contribution is -2.12. The van der Waals surface area contributed by atoms with Gasteiger partial charge in [0.15, 0.2) is 4.60 Å². The van der Waals surface area contributed by atoms with Crippen LogP contribution in [-0.2, 0) is 6.18 Å². The minimum absolute atomic E-state index is 0.142. The maximum absolute atomic E-state index is 12.8. The molecule has 0 atom stereocenters. The Labute approximate surface area is 112 Å². The molecule has 19 heavy (non-hydrogen) atoms. The minimum atomic E-state index is -4.58. The Morgan fingerprint density at radius 2 is 1.89 bits per heavy atom. The molecule has 0 radical (unpaired) electrons. The Bertz CT molecular complexity index is 639. The number of hydrogen-bond acceptors (Lipinski definition) is 3. The first-order valence-corrected chi connectivity index (χ1v) is 5.62. The average Bonchev–Trinajstić information content (AvgIpc) is 2.70. The molecule has 0 fully saturated rings. The predicted molar refractivity (Wildman–Crippen MR) is 61.0 cm³/mol. The molecule has 0 aliphatic heterocycles. The van der Waals surface area contributed by atoms with Crippen molar-refractivity contribution < 1.29 is 23.1 Å². The van der Waals surface area contributed by atoms with Crippen LogP contribution in [0.2, 0.25) is 0 Å². The summed E-state index contributed by atoms with van der Waals surface area (Å²) in [5.41, 5.74) is -1.75. The number of carboxylic acids is 1. The zero-order valence-electron chi connectivity index (χ0n) is 9.02. The molecule has 1 aromatic heterocycles. The monoisotopic (exact) mass is 335 g/mol. The van der Waals surface area contributed by atoms with Gasteiger partial charge in [0.1, 0.15) is 0 Å². The summed E-state index contributed by atoms with van der Waals surface area (Å²) in [4.78, 5) is 11.4. The smallest absolute Gasteiger partial charge is 0.418 e. The van der Waals surface area contributed by atoms with Crippen LogP contribution in [-0.4, -0.2) is 26.1 Å². The number of para-hydroxylation sites is 1. The molecule has 9 heteroatoms. The molecule has 2 rings (SSSR count). The Morgan fingerprint density at radius 1 is 1.26 bits per heavy atom. The number of nitrogens with zero attached hydrogens (tertiary/aromatic N) is 3. The van der Waals surface area contributed by atoms with Gasteiger partial charge in [0.25, 0.3) is 0 Å². The molecule has 0 aliphatic rings. The highest BCUT2D eigenvalue weighted by molar-refractivity contribution is 9.10. The summed E-state index contributed by atoms with van der Waals surface area (Å²) in [5, 5.41) is 15.9. The number of carbonyl (C=O) groups is 1. The lowest BCUT2D eigenvalue weighted by Gasteiger charge is -2.10. The fourth-order valence-electron chi connectivity index (χ4n) is 1.42. The first kappa shape index (κ1) is 13.5. The maximum Gasteiger partial charge on any atom is 0.418 e. The highest BCUT2D eigenvalue weighted by Crippen LogP contribution is 2.33. The number of carboxylic acid groups (broad SMARTS) is 1.